The highest BCUT2D eigenvalue weighted by Crippen LogP contribution is 2.47. The molecule has 5 rings (SSSR count). The number of pyridine rings is 1. The maximum Gasteiger partial charge on any atom is 0.295 e. The van der Waals surface area contributed by atoms with Crippen LogP contribution in [-0.4, -0.2) is 22.8 Å². The summed E-state index contributed by atoms with van der Waals surface area (Å²) in [5.41, 5.74) is 1.82. The number of hydrogen-bond donors (Lipinski definition) is 0. The summed E-state index contributed by atoms with van der Waals surface area (Å²) in [7, 11) is 0. The lowest BCUT2D eigenvalue weighted by atomic mass is 9.77. The average molecular weight is 392 g/mol. The van der Waals surface area contributed by atoms with Gasteiger partial charge in [-0.2, -0.15) is 0 Å². The summed E-state index contributed by atoms with van der Waals surface area (Å²) >= 11 is 0. The normalized spacial score (nSPS) is 26.3. The Balaban J connectivity index is 1.68. The Bertz CT molecular complexity index is 1050. The van der Waals surface area contributed by atoms with Crippen LogP contribution in [0.25, 0.3) is 0 Å². The third-order valence-electron chi connectivity index (χ3n) is 6.08. The molecule has 0 saturated heterocycles. The Morgan fingerprint density at radius 1 is 1.14 bits per heavy atom. The fourth-order valence-corrected chi connectivity index (χ4v) is 4.73. The Morgan fingerprint density at radius 2 is 1.97 bits per heavy atom. The summed E-state index contributed by atoms with van der Waals surface area (Å²) in [6.45, 7) is 1.91. The van der Waals surface area contributed by atoms with Gasteiger partial charge in [0.25, 0.3) is 5.91 Å². The molecule has 148 valence electrons. The summed E-state index contributed by atoms with van der Waals surface area (Å²) in [5.74, 6) is -0.551. The molecular weight excluding hydrogens is 371 g/mol. The highest BCUT2D eigenvalue weighted by atomic mass is 19.1. The van der Waals surface area contributed by atoms with Gasteiger partial charge in [0.05, 0.1) is 17.5 Å². The molecule has 0 spiro atoms. The minimum atomic E-state index is -0.738. The number of Topliss-reactive ketones (excluding diaryl/α,β-unsaturated/α-hetero) is 1. The highest BCUT2D eigenvalue weighted by Gasteiger charge is 2.52. The fourth-order valence-electron chi connectivity index (χ4n) is 4.73. The Hall–Kier alpha value is -3.02. The molecule has 3 unspecified atom stereocenters. The van der Waals surface area contributed by atoms with Gasteiger partial charge in [-0.25, -0.2) is 9.37 Å². The number of hydrogen-bond acceptors (Lipinski definition) is 4. The molecule has 0 bridgehead atoms. The van der Waals surface area contributed by atoms with Crippen molar-refractivity contribution in [1.29, 1.82) is 0 Å². The number of nitrogens with zero attached hydrogens (tertiary/aromatic N) is 2. The molecule has 29 heavy (non-hydrogen) atoms. The first-order valence-electron chi connectivity index (χ1n) is 10.0. The van der Waals surface area contributed by atoms with Crippen LogP contribution in [0.3, 0.4) is 0 Å². The van der Waals surface area contributed by atoms with Crippen LogP contribution in [0.15, 0.2) is 53.9 Å². The number of halogens is 1. The van der Waals surface area contributed by atoms with E-state index in [1.165, 1.54) is 17.0 Å². The zero-order chi connectivity index (χ0) is 20.1. The van der Waals surface area contributed by atoms with E-state index in [0.717, 1.165) is 31.2 Å². The molecule has 1 aromatic carbocycles. The van der Waals surface area contributed by atoms with Crippen LogP contribution < -0.4 is 4.90 Å². The number of benzene rings is 1. The van der Waals surface area contributed by atoms with Gasteiger partial charge in [0.15, 0.2) is 11.5 Å². The second kappa shape index (κ2) is 6.79. The monoisotopic (exact) mass is 392 g/mol. The zero-order valence-corrected chi connectivity index (χ0v) is 16.1. The van der Waals surface area contributed by atoms with Gasteiger partial charge >= 0.3 is 0 Å². The fraction of sp³-hybridized carbons (Fsp3) is 0.348. The van der Waals surface area contributed by atoms with Crippen LogP contribution in [-0.2, 0) is 14.3 Å². The Kier molecular flexibility index (Phi) is 4.23. The summed E-state index contributed by atoms with van der Waals surface area (Å²) in [5, 5.41) is 0. The highest BCUT2D eigenvalue weighted by molar-refractivity contribution is 6.17. The predicted molar refractivity (Wildman–Crippen MR) is 104 cm³/mol. The molecule has 6 heteroatoms. The molecule has 3 heterocycles. The molecule has 3 atom stereocenters. The summed E-state index contributed by atoms with van der Waals surface area (Å²) < 4.78 is 20.2. The van der Waals surface area contributed by atoms with Crippen molar-refractivity contribution in [2.75, 3.05) is 4.90 Å². The SMILES string of the molecule is Cc1ccnc(N2C(=O)C3=C(C(=O)C4CCCCC4O3)C2c2cccc(F)c2)c1. The number of anilines is 1. The van der Waals surface area contributed by atoms with Crippen molar-refractivity contribution in [3.63, 3.8) is 0 Å². The minimum absolute atomic E-state index is 0.0475. The van der Waals surface area contributed by atoms with E-state index in [2.05, 4.69) is 4.98 Å². The first-order valence-corrected chi connectivity index (χ1v) is 10.0. The quantitative estimate of drug-likeness (QED) is 0.774. The first-order chi connectivity index (χ1) is 14.0. The van der Waals surface area contributed by atoms with Crippen molar-refractivity contribution in [2.24, 2.45) is 5.92 Å². The lowest BCUT2D eigenvalue weighted by molar-refractivity contribution is -0.131. The Labute approximate surface area is 168 Å². The largest absolute Gasteiger partial charge is 0.483 e. The number of amides is 1. The molecule has 2 aliphatic heterocycles. The van der Waals surface area contributed by atoms with Crippen LogP contribution in [0.1, 0.15) is 42.9 Å². The van der Waals surface area contributed by atoms with Gasteiger partial charge in [-0.1, -0.05) is 18.6 Å². The van der Waals surface area contributed by atoms with E-state index in [-0.39, 0.29) is 29.5 Å². The van der Waals surface area contributed by atoms with Crippen molar-refractivity contribution in [3.05, 3.63) is 70.9 Å². The van der Waals surface area contributed by atoms with Crippen molar-refractivity contribution in [1.82, 2.24) is 4.98 Å². The van der Waals surface area contributed by atoms with E-state index >= 15 is 0 Å². The van der Waals surface area contributed by atoms with Crippen LogP contribution in [0.4, 0.5) is 10.2 Å². The summed E-state index contributed by atoms with van der Waals surface area (Å²) in [4.78, 5) is 32.7. The second-order valence-corrected chi connectivity index (χ2v) is 7.98. The molecule has 1 saturated carbocycles. The zero-order valence-electron chi connectivity index (χ0n) is 16.1. The molecule has 1 amide bonds. The number of carbonyl (C=O) groups excluding carboxylic acids is 2. The predicted octanol–water partition coefficient (Wildman–Crippen LogP) is 4.03. The average Bonchev–Trinajstić information content (AvgIpc) is 3.01. The molecule has 5 nitrogen and oxygen atoms in total. The van der Waals surface area contributed by atoms with E-state index in [0.29, 0.717) is 17.0 Å². The van der Waals surface area contributed by atoms with Crippen molar-refractivity contribution in [3.8, 4) is 0 Å². The van der Waals surface area contributed by atoms with Crippen LogP contribution in [0, 0.1) is 18.7 Å². The van der Waals surface area contributed by atoms with E-state index < -0.39 is 11.9 Å². The third kappa shape index (κ3) is 2.85. The van der Waals surface area contributed by atoms with Gasteiger partial charge in [0, 0.05) is 6.20 Å². The van der Waals surface area contributed by atoms with Gasteiger partial charge in [-0.15, -0.1) is 0 Å². The number of carbonyl (C=O) groups is 2. The van der Waals surface area contributed by atoms with Crippen LogP contribution in [0.5, 0.6) is 0 Å². The van der Waals surface area contributed by atoms with E-state index in [1.54, 1.807) is 24.4 Å². The number of aromatic nitrogens is 1. The maximum absolute atomic E-state index is 14.0. The smallest absolute Gasteiger partial charge is 0.295 e. The number of fused-ring (bicyclic) bond motifs is 1. The third-order valence-corrected chi connectivity index (χ3v) is 6.08. The van der Waals surface area contributed by atoms with Gasteiger partial charge < -0.3 is 4.74 Å². The standard InChI is InChI=1S/C23H21FN2O3/c1-13-9-10-25-18(11-13)26-20(14-5-4-6-15(24)12-14)19-21(27)16-7-2-3-8-17(16)29-22(19)23(26)28/h4-6,9-12,16-17,20H,2-3,7-8H2,1H3. The molecule has 0 N–H and O–H groups in total. The van der Waals surface area contributed by atoms with Crippen molar-refractivity contribution >= 4 is 17.5 Å². The van der Waals surface area contributed by atoms with Crippen LogP contribution >= 0.6 is 0 Å². The minimum Gasteiger partial charge on any atom is -0.483 e. The van der Waals surface area contributed by atoms with Crippen LogP contribution in [0.2, 0.25) is 0 Å². The number of aryl methyl sites for hydroxylation is 1. The summed E-state index contributed by atoms with van der Waals surface area (Å²) in [6, 6.07) is 8.94. The van der Waals surface area contributed by atoms with Gasteiger partial charge in [0.1, 0.15) is 17.7 Å². The van der Waals surface area contributed by atoms with E-state index in [9.17, 15) is 14.0 Å². The van der Waals surface area contributed by atoms with E-state index in [1.807, 2.05) is 13.0 Å². The molecule has 2 aromatic rings. The number of ketones is 1. The molecule has 1 fully saturated rings. The molecule has 1 aliphatic carbocycles. The van der Waals surface area contributed by atoms with E-state index in [4.69, 9.17) is 4.74 Å². The van der Waals surface area contributed by atoms with Gasteiger partial charge in [-0.3, -0.25) is 14.5 Å². The van der Waals surface area contributed by atoms with Crippen molar-refractivity contribution in [2.45, 2.75) is 44.8 Å². The molecule has 1 aromatic heterocycles. The topological polar surface area (TPSA) is 59.5 Å². The molecule has 3 aliphatic rings. The van der Waals surface area contributed by atoms with Crippen molar-refractivity contribution < 1.29 is 18.7 Å². The summed E-state index contributed by atoms with van der Waals surface area (Å²) in [6.07, 6.45) is 4.86. The maximum atomic E-state index is 14.0. The second-order valence-electron chi connectivity index (χ2n) is 7.98. The Morgan fingerprint density at radius 3 is 2.76 bits per heavy atom. The molecular formula is C23H21FN2O3. The molecule has 0 radical (unpaired) electrons. The lowest BCUT2D eigenvalue weighted by Crippen LogP contribution is -2.39. The lowest BCUT2D eigenvalue weighted by Gasteiger charge is -2.35. The first kappa shape index (κ1) is 18.0. The number of ether oxygens (including phenoxy) is 1. The van der Waals surface area contributed by atoms with Gasteiger partial charge in [0.2, 0.25) is 0 Å². The van der Waals surface area contributed by atoms with Gasteiger partial charge in [-0.05, 0) is 61.6 Å². The number of rotatable bonds is 2.